The van der Waals surface area contributed by atoms with E-state index in [1.54, 1.807) is 6.92 Å². The quantitative estimate of drug-likeness (QED) is 0.722. The predicted octanol–water partition coefficient (Wildman–Crippen LogP) is 1.41. The van der Waals surface area contributed by atoms with Crippen LogP contribution in [0.2, 0.25) is 0 Å². The summed E-state index contributed by atoms with van der Waals surface area (Å²) < 4.78 is 11.9. The third kappa shape index (κ3) is 3.98. The van der Waals surface area contributed by atoms with Crippen molar-refractivity contribution in [3.63, 3.8) is 0 Å². The van der Waals surface area contributed by atoms with E-state index in [4.69, 9.17) is 9.47 Å². The molecule has 1 amide bonds. The van der Waals surface area contributed by atoms with Crippen LogP contribution in [-0.4, -0.2) is 34.7 Å². The fourth-order valence-electron chi connectivity index (χ4n) is 4.21. The van der Waals surface area contributed by atoms with Crippen LogP contribution in [0.25, 0.3) is 0 Å². The molecule has 154 valence electrons. The number of carbonyl (C=O) groups is 1. The van der Waals surface area contributed by atoms with Crippen molar-refractivity contribution < 1.29 is 14.3 Å². The van der Waals surface area contributed by atoms with Gasteiger partial charge < -0.3 is 19.8 Å². The molecule has 1 saturated heterocycles. The highest BCUT2D eigenvalue weighted by atomic mass is 16.5. The molecule has 1 aromatic carbocycles. The minimum atomic E-state index is -0.577. The van der Waals surface area contributed by atoms with E-state index >= 15 is 0 Å². The highest BCUT2D eigenvalue weighted by Gasteiger charge is 2.42. The third-order valence-corrected chi connectivity index (χ3v) is 5.77. The Kier molecular flexibility index (Phi) is 5.04. The van der Waals surface area contributed by atoms with Crippen LogP contribution in [0.4, 0.5) is 0 Å². The molecule has 2 aliphatic rings. The van der Waals surface area contributed by atoms with Gasteiger partial charge in [0.1, 0.15) is 11.4 Å². The fourth-order valence-corrected chi connectivity index (χ4v) is 4.21. The number of aromatic nitrogens is 2. The summed E-state index contributed by atoms with van der Waals surface area (Å²) in [5, 5.41) is 3.09. The Bertz CT molecular complexity index is 1050. The number of amides is 1. The van der Waals surface area contributed by atoms with Gasteiger partial charge >= 0.3 is 5.69 Å². The molecule has 1 aromatic heterocycles. The topological polar surface area (TPSA) is 113 Å². The Morgan fingerprint density at radius 2 is 1.97 bits per heavy atom. The molecule has 4 rings (SSSR count). The molecule has 1 unspecified atom stereocenters. The van der Waals surface area contributed by atoms with Gasteiger partial charge in [-0.3, -0.25) is 14.6 Å². The van der Waals surface area contributed by atoms with Gasteiger partial charge in [-0.25, -0.2) is 4.79 Å². The van der Waals surface area contributed by atoms with E-state index in [2.05, 4.69) is 15.3 Å². The fraction of sp³-hybridized carbons (Fsp3) is 0.476. The van der Waals surface area contributed by atoms with Gasteiger partial charge in [0.25, 0.3) is 5.56 Å². The monoisotopic (exact) mass is 399 g/mol. The Morgan fingerprint density at radius 3 is 2.69 bits per heavy atom. The van der Waals surface area contributed by atoms with Crippen molar-refractivity contribution in [2.75, 3.05) is 13.2 Å². The number of hydrogen-bond acceptors (Lipinski definition) is 5. The van der Waals surface area contributed by atoms with Crippen molar-refractivity contribution in [3.8, 4) is 5.75 Å². The average molecular weight is 399 g/mol. The lowest BCUT2D eigenvalue weighted by Crippen LogP contribution is -2.49. The second-order valence-corrected chi connectivity index (χ2v) is 7.95. The first-order valence-electron chi connectivity index (χ1n) is 9.84. The van der Waals surface area contributed by atoms with E-state index < -0.39 is 11.2 Å². The van der Waals surface area contributed by atoms with Gasteiger partial charge in [0, 0.05) is 36.1 Å². The van der Waals surface area contributed by atoms with E-state index in [1.807, 2.05) is 25.1 Å². The van der Waals surface area contributed by atoms with E-state index in [0.717, 1.165) is 29.7 Å². The summed E-state index contributed by atoms with van der Waals surface area (Å²) in [6.07, 6.45) is 2.09. The number of rotatable bonds is 3. The zero-order valence-electron chi connectivity index (χ0n) is 16.6. The summed E-state index contributed by atoms with van der Waals surface area (Å²) in [6, 6.07) is 5.77. The molecule has 29 heavy (non-hydrogen) atoms. The largest absolute Gasteiger partial charge is 0.487 e. The van der Waals surface area contributed by atoms with Gasteiger partial charge in [-0.05, 0) is 19.9 Å². The SMILES string of the molecule is Cc1ccc2c(c1)C(NC(=O)Cc1c(C)[nH]c(=O)[nH]c1=O)CC1(CCOCC1)O2. The van der Waals surface area contributed by atoms with Crippen LogP contribution >= 0.6 is 0 Å². The first kappa shape index (κ1) is 19.4. The standard InChI is InChI=1S/C21H25N3O5/c1-12-3-4-17-15(9-12)16(11-21(29-17)5-7-28-8-6-21)23-18(25)10-14-13(2)22-20(27)24-19(14)26/h3-4,9,16H,5-8,10-11H2,1-2H3,(H,23,25)(H2,22,24,26,27). The molecule has 8 nitrogen and oxygen atoms in total. The lowest BCUT2D eigenvalue weighted by Gasteiger charge is -2.44. The Labute approximate surface area is 167 Å². The zero-order valence-corrected chi connectivity index (χ0v) is 16.6. The molecule has 2 aromatic rings. The molecule has 3 N–H and O–H groups in total. The van der Waals surface area contributed by atoms with Gasteiger partial charge in [-0.1, -0.05) is 17.7 Å². The van der Waals surface area contributed by atoms with Crippen LogP contribution in [0.15, 0.2) is 27.8 Å². The van der Waals surface area contributed by atoms with E-state index in [0.29, 0.717) is 25.3 Å². The number of H-pyrrole nitrogens is 2. The van der Waals surface area contributed by atoms with Crippen molar-refractivity contribution in [2.45, 2.75) is 51.2 Å². The molecular formula is C21H25N3O5. The molecule has 0 saturated carbocycles. The van der Waals surface area contributed by atoms with Crippen LogP contribution in [0, 0.1) is 13.8 Å². The van der Waals surface area contributed by atoms with Crippen molar-refractivity contribution in [2.24, 2.45) is 0 Å². The number of carbonyl (C=O) groups excluding carboxylic acids is 1. The molecule has 3 heterocycles. The summed E-state index contributed by atoms with van der Waals surface area (Å²) in [6.45, 7) is 4.88. The second-order valence-electron chi connectivity index (χ2n) is 7.95. The number of fused-ring (bicyclic) bond motifs is 1. The maximum absolute atomic E-state index is 12.8. The second kappa shape index (κ2) is 7.51. The first-order chi connectivity index (χ1) is 13.8. The minimum absolute atomic E-state index is 0.105. The Hall–Kier alpha value is -2.87. The highest BCUT2D eigenvalue weighted by Crippen LogP contribution is 2.44. The van der Waals surface area contributed by atoms with Crippen LogP contribution in [0.3, 0.4) is 0 Å². The number of hydrogen-bond donors (Lipinski definition) is 3. The summed E-state index contributed by atoms with van der Waals surface area (Å²) in [4.78, 5) is 41.0. The molecular weight excluding hydrogens is 374 g/mol. The molecule has 0 radical (unpaired) electrons. The van der Waals surface area contributed by atoms with Crippen LogP contribution in [-0.2, 0) is 16.0 Å². The minimum Gasteiger partial charge on any atom is -0.487 e. The van der Waals surface area contributed by atoms with Crippen LogP contribution in [0.1, 0.15) is 47.7 Å². The summed E-state index contributed by atoms with van der Waals surface area (Å²) in [7, 11) is 0. The maximum Gasteiger partial charge on any atom is 0.325 e. The van der Waals surface area contributed by atoms with E-state index in [1.165, 1.54) is 0 Å². The van der Waals surface area contributed by atoms with Crippen molar-refractivity contribution >= 4 is 5.91 Å². The smallest absolute Gasteiger partial charge is 0.325 e. The maximum atomic E-state index is 12.8. The molecule has 1 spiro atoms. The molecule has 8 heteroatoms. The first-order valence-corrected chi connectivity index (χ1v) is 9.84. The molecule has 1 atom stereocenters. The number of aromatic amines is 2. The van der Waals surface area contributed by atoms with Gasteiger partial charge in [-0.15, -0.1) is 0 Å². The third-order valence-electron chi connectivity index (χ3n) is 5.77. The Balaban J connectivity index is 1.60. The van der Waals surface area contributed by atoms with Gasteiger partial charge in [0.2, 0.25) is 5.91 Å². The Morgan fingerprint density at radius 1 is 1.21 bits per heavy atom. The molecule has 1 fully saturated rings. The molecule has 0 bridgehead atoms. The van der Waals surface area contributed by atoms with Crippen molar-refractivity contribution in [1.29, 1.82) is 0 Å². The lowest BCUT2D eigenvalue weighted by atomic mass is 9.81. The van der Waals surface area contributed by atoms with Crippen LogP contribution in [0.5, 0.6) is 5.75 Å². The van der Waals surface area contributed by atoms with Gasteiger partial charge in [-0.2, -0.15) is 0 Å². The number of ether oxygens (including phenoxy) is 2. The van der Waals surface area contributed by atoms with E-state index in [9.17, 15) is 14.4 Å². The average Bonchev–Trinajstić information content (AvgIpc) is 2.66. The zero-order chi connectivity index (χ0) is 20.6. The van der Waals surface area contributed by atoms with E-state index in [-0.39, 0.29) is 29.5 Å². The molecule has 2 aliphatic heterocycles. The highest BCUT2D eigenvalue weighted by molar-refractivity contribution is 5.79. The van der Waals surface area contributed by atoms with Crippen molar-refractivity contribution in [1.82, 2.24) is 15.3 Å². The van der Waals surface area contributed by atoms with Crippen molar-refractivity contribution in [3.05, 3.63) is 61.4 Å². The lowest BCUT2D eigenvalue weighted by molar-refractivity contribution is -0.122. The van der Waals surface area contributed by atoms with Gasteiger partial charge in [0.15, 0.2) is 0 Å². The summed E-state index contributed by atoms with van der Waals surface area (Å²) in [5.41, 5.74) is 1.23. The number of nitrogens with one attached hydrogen (secondary N) is 3. The predicted molar refractivity (Wildman–Crippen MR) is 106 cm³/mol. The number of aryl methyl sites for hydroxylation is 2. The normalized spacial score (nSPS) is 20.0. The summed E-state index contributed by atoms with van der Waals surface area (Å²) in [5.74, 6) is 0.513. The number of benzene rings is 1. The molecule has 0 aliphatic carbocycles. The summed E-state index contributed by atoms with van der Waals surface area (Å²) >= 11 is 0. The van der Waals surface area contributed by atoms with Gasteiger partial charge in [0.05, 0.1) is 25.7 Å². The van der Waals surface area contributed by atoms with Crippen LogP contribution < -0.4 is 21.3 Å².